The summed E-state index contributed by atoms with van der Waals surface area (Å²) in [5, 5.41) is 6.45. The molecule has 0 aromatic rings. The summed E-state index contributed by atoms with van der Waals surface area (Å²) in [4.78, 5) is 11.9. The molecule has 1 saturated carbocycles. The molecule has 0 aromatic heterocycles. The van der Waals surface area contributed by atoms with Gasteiger partial charge in [-0.05, 0) is 44.6 Å². The first kappa shape index (κ1) is 11.5. The molecule has 4 aliphatic rings. The van der Waals surface area contributed by atoms with Gasteiger partial charge in [0.05, 0.1) is 12.0 Å². The summed E-state index contributed by atoms with van der Waals surface area (Å²) >= 11 is 0. The lowest BCUT2D eigenvalue weighted by Gasteiger charge is -2.33. The monoisotopic (exact) mass is 238 g/mol. The second-order valence-electron chi connectivity index (χ2n) is 5.60. The van der Waals surface area contributed by atoms with E-state index in [1.54, 1.807) is 0 Å². The van der Waals surface area contributed by atoms with Crippen molar-refractivity contribution in [2.24, 2.45) is 11.8 Å². The molecule has 2 N–H and O–H groups in total. The lowest BCUT2D eigenvalue weighted by molar-refractivity contribution is -0.129. The first-order chi connectivity index (χ1) is 8.34. The Bertz CT molecular complexity index is 275. The van der Waals surface area contributed by atoms with Crippen molar-refractivity contribution in [2.75, 3.05) is 19.7 Å². The number of carbonyl (C=O) groups excluding carboxylic acids is 1. The van der Waals surface area contributed by atoms with Crippen molar-refractivity contribution in [1.82, 2.24) is 10.6 Å². The largest absolute Gasteiger partial charge is 0.378 e. The third kappa shape index (κ3) is 2.33. The van der Waals surface area contributed by atoms with Crippen molar-refractivity contribution in [2.45, 2.75) is 44.2 Å². The molecule has 3 saturated heterocycles. The molecule has 0 spiro atoms. The Labute approximate surface area is 102 Å². The van der Waals surface area contributed by atoms with Gasteiger partial charge in [-0.3, -0.25) is 4.79 Å². The van der Waals surface area contributed by atoms with Gasteiger partial charge in [0.1, 0.15) is 0 Å². The Morgan fingerprint density at radius 1 is 1.41 bits per heavy atom. The van der Waals surface area contributed by atoms with Gasteiger partial charge in [-0.25, -0.2) is 0 Å². The van der Waals surface area contributed by atoms with Crippen LogP contribution in [0.3, 0.4) is 0 Å². The third-order valence-electron chi connectivity index (χ3n) is 4.48. The average molecular weight is 238 g/mol. The van der Waals surface area contributed by atoms with E-state index in [2.05, 4.69) is 10.6 Å². The molecule has 17 heavy (non-hydrogen) atoms. The Balaban J connectivity index is 1.35. The number of ether oxygens (including phenoxy) is 1. The topological polar surface area (TPSA) is 50.4 Å². The molecule has 1 amide bonds. The van der Waals surface area contributed by atoms with Gasteiger partial charge in [0, 0.05) is 19.2 Å². The highest BCUT2D eigenvalue weighted by Crippen LogP contribution is 2.39. The van der Waals surface area contributed by atoms with Crippen LogP contribution in [0, 0.1) is 11.8 Å². The van der Waals surface area contributed by atoms with Crippen LogP contribution in [0.1, 0.15) is 32.1 Å². The molecule has 96 valence electrons. The third-order valence-corrected chi connectivity index (χ3v) is 4.48. The van der Waals surface area contributed by atoms with Gasteiger partial charge in [-0.2, -0.15) is 0 Å². The fourth-order valence-electron chi connectivity index (χ4n) is 3.38. The minimum atomic E-state index is 0.252. The fraction of sp³-hybridized carbons (Fsp3) is 0.923. The molecular formula is C13H22N2O2. The zero-order valence-corrected chi connectivity index (χ0v) is 10.3. The number of carbonyl (C=O) groups is 1. The Hall–Kier alpha value is -0.610. The Kier molecular flexibility index (Phi) is 3.34. The van der Waals surface area contributed by atoms with Gasteiger partial charge in [0.25, 0.3) is 0 Å². The van der Waals surface area contributed by atoms with Crippen LogP contribution in [0.15, 0.2) is 0 Å². The molecule has 2 bridgehead atoms. The van der Waals surface area contributed by atoms with Crippen LogP contribution in [-0.4, -0.2) is 37.7 Å². The molecule has 4 rings (SSSR count). The maximum absolute atomic E-state index is 11.9. The number of nitrogens with one attached hydrogen (secondary N) is 2. The molecule has 4 nitrogen and oxygen atoms in total. The number of rotatable bonds is 4. The van der Waals surface area contributed by atoms with Crippen LogP contribution in [0.4, 0.5) is 0 Å². The van der Waals surface area contributed by atoms with Crippen LogP contribution in [0.5, 0.6) is 0 Å². The number of amides is 1. The van der Waals surface area contributed by atoms with Gasteiger partial charge >= 0.3 is 0 Å². The molecule has 1 aliphatic carbocycles. The second kappa shape index (κ2) is 4.94. The van der Waals surface area contributed by atoms with Crippen molar-refractivity contribution < 1.29 is 9.53 Å². The van der Waals surface area contributed by atoms with Crippen molar-refractivity contribution in [3.63, 3.8) is 0 Å². The molecule has 4 fully saturated rings. The SMILES string of the molecule is O=C(NCCC1CCCCO1)C1C2CNC1C2. The molecule has 3 aliphatic heterocycles. The van der Waals surface area contributed by atoms with E-state index in [4.69, 9.17) is 4.74 Å². The first-order valence-electron chi connectivity index (χ1n) is 6.97. The van der Waals surface area contributed by atoms with Crippen molar-refractivity contribution in [1.29, 1.82) is 0 Å². The fourth-order valence-corrected chi connectivity index (χ4v) is 3.38. The lowest BCUT2D eigenvalue weighted by atomic mass is 9.73. The zero-order chi connectivity index (χ0) is 11.7. The van der Waals surface area contributed by atoms with E-state index < -0.39 is 0 Å². The van der Waals surface area contributed by atoms with Crippen LogP contribution >= 0.6 is 0 Å². The predicted octanol–water partition coefficient (Wildman–Crippen LogP) is 0.670. The smallest absolute Gasteiger partial charge is 0.225 e. The van der Waals surface area contributed by atoms with Crippen LogP contribution in [0.25, 0.3) is 0 Å². The summed E-state index contributed by atoms with van der Waals surface area (Å²) in [5.41, 5.74) is 0. The summed E-state index contributed by atoms with van der Waals surface area (Å²) in [5.74, 6) is 1.11. The number of hydrogen-bond donors (Lipinski definition) is 2. The predicted molar refractivity (Wildman–Crippen MR) is 64.6 cm³/mol. The summed E-state index contributed by atoms with van der Waals surface area (Å²) in [6.07, 6.45) is 6.17. The maximum atomic E-state index is 11.9. The minimum Gasteiger partial charge on any atom is -0.378 e. The van der Waals surface area contributed by atoms with Gasteiger partial charge in [-0.15, -0.1) is 0 Å². The second-order valence-corrected chi connectivity index (χ2v) is 5.60. The lowest BCUT2D eigenvalue weighted by Crippen LogP contribution is -2.48. The highest BCUT2D eigenvalue weighted by molar-refractivity contribution is 5.81. The van der Waals surface area contributed by atoms with Crippen molar-refractivity contribution in [3.05, 3.63) is 0 Å². The maximum Gasteiger partial charge on any atom is 0.225 e. The highest BCUT2D eigenvalue weighted by Gasteiger charge is 2.50. The quantitative estimate of drug-likeness (QED) is 0.757. The molecule has 0 aromatic carbocycles. The summed E-state index contributed by atoms with van der Waals surface area (Å²) < 4.78 is 5.65. The van der Waals surface area contributed by atoms with Crippen LogP contribution < -0.4 is 10.6 Å². The summed E-state index contributed by atoms with van der Waals surface area (Å²) in [6.45, 7) is 2.71. The summed E-state index contributed by atoms with van der Waals surface area (Å²) in [7, 11) is 0. The molecule has 4 unspecified atom stereocenters. The van der Waals surface area contributed by atoms with E-state index in [-0.39, 0.29) is 11.8 Å². The van der Waals surface area contributed by atoms with E-state index in [1.165, 1.54) is 19.3 Å². The van der Waals surface area contributed by atoms with E-state index in [0.717, 1.165) is 32.5 Å². The van der Waals surface area contributed by atoms with Gasteiger partial charge < -0.3 is 15.4 Å². The molecule has 3 heterocycles. The average Bonchev–Trinajstić information content (AvgIpc) is 2.93. The van der Waals surface area contributed by atoms with Crippen molar-refractivity contribution in [3.8, 4) is 0 Å². The van der Waals surface area contributed by atoms with Gasteiger partial charge in [0.2, 0.25) is 5.91 Å². The molecule has 4 atom stereocenters. The molecule has 4 heteroatoms. The Morgan fingerprint density at radius 2 is 2.35 bits per heavy atom. The van der Waals surface area contributed by atoms with Gasteiger partial charge in [0.15, 0.2) is 0 Å². The van der Waals surface area contributed by atoms with E-state index in [9.17, 15) is 4.79 Å². The van der Waals surface area contributed by atoms with E-state index >= 15 is 0 Å². The Morgan fingerprint density at radius 3 is 3.00 bits per heavy atom. The number of fused-ring (bicyclic) bond motifs is 1. The van der Waals surface area contributed by atoms with Crippen LogP contribution in [0.2, 0.25) is 0 Å². The standard InChI is InChI=1S/C13H22N2O2/c16-13(12-9-7-11(12)15-8-9)14-5-4-10-3-1-2-6-17-10/h9-12,15H,1-8H2,(H,14,16). The van der Waals surface area contributed by atoms with E-state index in [1.807, 2.05) is 0 Å². The zero-order valence-electron chi connectivity index (χ0n) is 10.3. The normalized spacial score (nSPS) is 39.8. The summed E-state index contributed by atoms with van der Waals surface area (Å²) in [6, 6.07) is 0.464. The molecule has 0 radical (unpaired) electrons. The van der Waals surface area contributed by atoms with Crippen molar-refractivity contribution >= 4 is 5.91 Å². The van der Waals surface area contributed by atoms with E-state index in [0.29, 0.717) is 18.1 Å². The highest BCUT2D eigenvalue weighted by atomic mass is 16.5. The number of hydrogen-bond acceptors (Lipinski definition) is 3. The van der Waals surface area contributed by atoms with Gasteiger partial charge in [-0.1, -0.05) is 0 Å². The van der Waals surface area contributed by atoms with Crippen LogP contribution in [-0.2, 0) is 9.53 Å². The first-order valence-corrected chi connectivity index (χ1v) is 6.97. The molecular weight excluding hydrogens is 216 g/mol. The minimum absolute atomic E-state index is 0.252.